The van der Waals surface area contributed by atoms with Crippen molar-refractivity contribution in [3.8, 4) is 0 Å². The first-order valence-corrected chi connectivity index (χ1v) is 12.5. The van der Waals surface area contributed by atoms with Crippen molar-refractivity contribution < 1.29 is 9.59 Å². The summed E-state index contributed by atoms with van der Waals surface area (Å²) in [5.41, 5.74) is 1.23. The number of hydrogen-bond donors (Lipinski definition) is 1. The Balaban J connectivity index is 1.52. The highest BCUT2D eigenvalue weighted by atomic mass is 16.2. The molecule has 1 N–H and O–H groups in total. The van der Waals surface area contributed by atoms with Crippen LogP contribution in [-0.4, -0.2) is 47.9 Å². The number of nitrogens with zero attached hydrogens (tertiary/aromatic N) is 2. The first kappa shape index (κ1) is 22.8. The van der Waals surface area contributed by atoms with Gasteiger partial charge in [-0.25, -0.2) is 0 Å². The number of carbonyl (C=O) groups is 2. The molecule has 1 saturated heterocycles. The normalized spacial score (nSPS) is 40.2. The number of allylic oxidation sites excluding steroid dienone is 1. The van der Waals surface area contributed by atoms with E-state index in [9.17, 15) is 9.59 Å². The number of rotatable bonds is 6. The lowest BCUT2D eigenvalue weighted by molar-refractivity contribution is -0.144. The number of amides is 2. The van der Waals surface area contributed by atoms with E-state index in [0.717, 1.165) is 25.2 Å². The third kappa shape index (κ3) is 3.96. The molecule has 5 heteroatoms. The van der Waals surface area contributed by atoms with Gasteiger partial charge >= 0.3 is 0 Å². The lowest BCUT2D eigenvalue weighted by atomic mass is 9.44. The van der Waals surface area contributed by atoms with Gasteiger partial charge in [0.15, 0.2) is 0 Å². The van der Waals surface area contributed by atoms with E-state index < -0.39 is 0 Å². The molecule has 1 aliphatic heterocycles. The van der Waals surface area contributed by atoms with Gasteiger partial charge < -0.3 is 15.5 Å². The molecule has 0 aromatic heterocycles. The van der Waals surface area contributed by atoms with E-state index in [1.165, 1.54) is 24.8 Å². The zero-order valence-electron chi connectivity index (χ0n) is 20.2. The summed E-state index contributed by atoms with van der Waals surface area (Å²) in [5, 5.41) is 8.37. The average Bonchev–Trinajstić information content (AvgIpc) is 2.70. The number of nitrogens with one attached hydrogen (secondary N) is 1. The molecule has 174 valence electrons. The number of hydrogen-bond acceptors (Lipinski definition) is 2. The second kappa shape index (κ2) is 8.20. The summed E-state index contributed by atoms with van der Waals surface area (Å²) in [4.78, 5) is 25.9. The fraction of sp³-hybridized carbons (Fsp3) is 0.846. The summed E-state index contributed by atoms with van der Waals surface area (Å²) >= 11 is 0. The molecule has 0 radical (unpaired) electrons. The third-order valence-electron chi connectivity index (χ3n) is 9.39. The number of carbonyl (C=O) groups excluding carboxylic acids is 2. The van der Waals surface area contributed by atoms with E-state index in [1.54, 1.807) is 4.90 Å². The van der Waals surface area contributed by atoms with Crippen LogP contribution < -0.4 is 5.32 Å². The van der Waals surface area contributed by atoms with E-state index in [2.05, 4.69) is 46.6 Å². The lowest BCUT2D eigenvalue weighted by Gasteiger charge is -2.69. The summed E-state index contributed by atoms with van der Waals surface area (Å²) in [5.74, 6) is 3.76. The van der Waals surface area contributed by atoms with Gasteiger partial charge in [0.05, 0.1) is 6.54 Å². The highest BCUT2D eigenvalue weighted by Crippen LogP contribution is 2.63. The van der Waals surface area contributed by atoms with Crippen LogP contribution in [0.2, 0.25) is 0 Å². The first-order valence-electron chi connectivity index (χ1n) is 12.5. The van der Waals surface area contributed by atoms with Crippen molar-refractivity contribution in [2.45, 2.75) is 83.7 Å². The molecule has 0 bridgehead atoms. The van der Waals surface area contributed by atoms with Gasteiger partial charge in [0.1, 0.15) is 0 Å². The highest BCUT2D eigenvalue weighted by molar-refractivity contribution is 5.88. The van der Waals surface area contributed by atoms with Gasteiger partial charge in [-0.3, -0.25) is 9.59 Å². The molecular formula is C26H42N3O2-. The molecule has 3 saturated carbocycles. The van der Waals surface area contributed by atoms with Crippen molar-refractivity contribution >= 4 is 11.8 Å². The monoisotopic (exact) mass is 428 g/mol. The number of likely N-dealkylation sites (tertiary alicyclic amines) is 1. The molecule has 4 fully saturated rings. The molecule has 0 spiro atoms. The molecule has 0 aromatic rings. The first-order chi connectivity index (χ1) is 14.6. The summed E-state index contributed by atoms with van der Waals surface area (Å²) < 4.78 is 0. The zero-order chi connectivity index (χ0) is 22.6. The van der Waals surface area contributed by atoms with Crippen LogP contribution in [0.3, 0.4) is 0 Å². The fourth-order valence-electron chi connectivity index (χ4n) is 7.92. The van der Waals surface area contributed by atoms with Crippen LogP contribution in [0.5, 0.6) is 0 Å². The van der Waals surface area contributed by atoms with Crippen LogP contribution in [0, 0.1) is 35.5 Å². The molecule has 4 rings (SSSR count). The Hall–Kier alpha value is -1.36. The largest absolute Gasteiger partial charge is 0.659 e. The molecule has 7 unspecified atom stereocenters. The van der Waals surface area contributed by atoms with Gasteiger partial charge in [0.25, 0.3) is 0 Å². The molecule has 4 aliphatic rings. The zero-order valence-corrected chi connectivity index (χ0v) is 20.2. The molecule has 31 heavy (non-hydrogen) atoms. The van der Waals surface area contributed by atoms with E-state index in [0.29, 0.717) is 42.6 Å². The van der Waals surface area contributed by atoms with Gasteiger partial charge in [0, 0.05) is 18.5 Å². The van der Waals surface area contributed by atoms with Crippen LogP contribution >= 0.6 is 0 Å². The Labute approximate surface area is 188 Å². The average molecular weight is 429 g/mol. The van der Waals surface area contributed by atoms with Crippen LogP contribution in [0.1, 0.15) is 72.6 Å². The van der Waals surface area contributed by atoms with E-state index in [4.69, 9.17) is 5.32 Å². The quantitative estimate of drug-likeness (QED) is 0.499. The van der Waals surface area contributed by atoms with Crippen LogP contribution in [-0.2, 0) is 9.59 Å². The Kier molecular flexibility index (Phi) is 6.04. The summed E-state index contributed by atoms with van der Waals surface area (Å²) in [6, 6.07) is 0. The molecule has 1 heterocycles. The van der Waals surface area contributed by atoms with Gasteiger partial charge in [-0.05, 0) is 69.1 Å². The minimum absolute atomic E-state index is 0.0357. The highest BCUT2D eigenvalue weighted by Gasteiger charge is 2.55. The Morgan fingerprint density at radius 3 is 2.65 bits per heavy atom. The molecule has 5 nitrogen and oxygen atoms in total. The predicted octanol–water partition coefficient (Wildman–Crippen LogP) is 4.53. The van der Waals surface area contributed by atoms with Crippen molar-refractivity contribution in [2.75, 3.05) is 20.1 Å². The second-order valence-electron chi connectivity index (χ2n) is 11.7. The van der Waals surface area contributed by atoms with Crippen molar-refractivity contribution in [1.82, 2.24) is 10.2 Å². The molecule has 7 atom stereocenters. The van der Waals surface area contributed by atoms with Crippen LogP contribution in [0.25, 0.3) is 5.32 Å². The molecular weight excluding hydrogens is 386 g/mol. The molecule has 0 aromatic carbocycles. The van der Waals surface area contributed by atoms with Crippen LogP contribution in [0.4, 0.5) is 0 Å². The summed E-state index contributed by atoms with van der Waals surface area (Å²) in [6.45, 7) is 14.6. The van der Waals surface area contributed by atoms with Gasteiger partial charge in [-0.1, -0.05) is 44.8 Å². The van der Waals surface area contributed by atoms with Gasteiger partial charge in [-0.15, -0.1) is 5.54 Å². The van der Waals surface area contributed by atoms with E-state index in [-0.39, 0.29) is 29.4 Å². The minimum atomic E-state index is -0.299. The smallest absolute Gasteiger partial charge is 0.240 e. The Morgan fingerprint density at radius 2 is 2.03 bits per heavy atom. The topological polar surface area (TPSA) is 63.5 Å². The summed E-state index contributed by atoms with van der Waals surface area (Å²) in [7, 11) is 2.06. The predicted molar refractivity (Wildman–Crippen MR) is 125 cm³/mol. The summed E-state index contributed by atoms with van der Waals surface area (Å²) in [6.07, 6.45) is 7.61. The standard InChI is InChI=1S/C26H42N3O2/c1-16-9-11-26(27-6)18(3)7-8-20-17(2)13-19(23(16)24(20)26)14-25(4,5)28-21(30)15-29-12-10-22(29)31/h17-20,23-24H,1,7-15H2,2-6H3,(H,28,30)/q-1. The maximum Gasteiger partial charge on any atom is 0.240 e. The van der Waals surface area contributed by atoms with Crippen molar-refractivity contribution in [3.05, 3.63) is 17.5 Å². The second-order valence-corrected chi connectivity index (χ2v) is 11.7. The molecule has 3 aliphatic carbocycles. The van der Waals surface area contributed by atoms with E-state index in [1.807, 2.05) is 0 Å². The Morgan fingerprint density at radius 1 is 1.29 bits per heavy atom. The fourth-order valence-corrected chi connectivity index (χ4v) is 7.92. The third-order valence-corrected chi connectivity index (χ3v) is 9.39. The number of β-lactam (4-membered cyclic amide) rings is 1. The van der Waals surface area contributed by atoms with Gasteiger partial charge in [-0.2, -0.15) is 7.05 Å². The molecule has 2 amide bonds. The van der Waals surface area contributed by atoms with Crippen molar-refractivity contribution in [2.24, 2.45) is 35.5 Å². The van der Waals surface area contributed by atoms with Crippen molar-refractivity contribution in [3.63, 3.8) is 0 Å². The Bertz CT molecular complexity index is 747. The maximum atomic E-state index is 12.6. The maximum absolute atomic E-state index is 12.6. The minimum Gasteiger partial charge on any atom is -0.659 e. The SMILES string of the molecule is C=C1CCC2([N-]C)C(C)CCC3C(C)CC(CC(C)(C)NC(=O)CN4CCC4=O)C1C32. The van der Waals surface area contributed by atoms with E-state index >= 15 is 0 Å². The van der Waals surface area contributed by atoms with Crippen molar-refractivity contribution in [1.29, 1.82) is 0 Å². The van der Waals surface area contributed by atoms with Gasteiger partial charge in [0.2, 0.25) is 11.8 Å². The lowest BCUT2D eigenvalue weighted by Crippen LogP contribution is -2.61. The van der Waals surface area contributed by atoms with Crippen LogP contribution in [0.15, 0.2) is 12.2 Å².